The standard InChI is InChI=1S/C22H25F3N4OS/c1-31-29-7-6-17-19(12-29)26-27-20(17)21(30)28-10-14-8-13(9-15(14)11-28)16-4-2-3-5-18(16)22(23,24)25/h2-5,13-15H,6-12H2,1H3,(H,26,27)/t13?,14-,15+. The normalized spacial score (nSPS) is 26.2. The minimum Gasteiger partial charge on any atom is -0.337 e. The van der Waals surface area contributed by atoms with Crippen LogP contribution in [-0.2, 0) is 19.1 Å². The number of halogens is 3. The fourth-order valence-electron chi connectivity index (χ4n) is 5.61. The number of aromatic amines is 1. The van der Waals surface area contributed by atoms with Gasteiger partial charge in [0.05, 0.1) is 17.8 Å². The Morgan fingerprint density at radius 3 is 2.58 bits per heavy atom. The number of hydrogen-bond donors (Lipinski definition) is 1. The molecule has 9 heteroatoms. The first-order valence-corrected chi connectivity index (χ1v) is 11.8. The van der Waals surface area contributed by atoms with Gasteiger partial charge in [0.1, 0.15) is 0 Å². The van der Waals surface area contributed by atoms with Gasteiger partial charge >= 0.3 is 6.18 Å². The van der Waals surface area contributed by atoms with Crippen molar-refractivity contribution in [2.75, 3.05) is 25.9 Å². The third-order valence-corrected chi connectivity index (χ3v) is 7.93. The highest BCUT2D eigenvalue weighted by atomic mass is 32.2. The van der Waals surface area contributed by atoms with E-state index in [0.717, 1.165) is 30.8 Å². The molecule has 2 aromatic rings. The maximum Gasteiger partial charge on any atom is 0.416 e. The minimum atomic E-state index is -4.33. The van der Waals surface area contributed by atoms with Gasteiger partial charge in [-0.1, -0.05) is 30.1 Å². The number of likely N-dealkylation sites (tertiary alicyclic amines) is 1. The van der Waals surface area contributed by atoms with Crippen molar-refractivity contribution >= 4 is 17.9 Å². The molecule has 1 saturated heterocycles. The molecule has 1 saturated carbocycles. The molecule has 3 atom stereocenters. The van der Waals surface area contributed by atoms with Crippen LogP contribution >= 0.6 is 11.9 Å². The molecule has 0 spiro atoms. The van der Waals surface area contributed by atoms with E-state index in [0.29, 0.717) is 37.2 Å². The van der Waals surface area contributed by atoms with Crippen LogP contribution in [-0.4, -0.2) is 51.2 Å². The van der Waals surface area contributed by atoms with Gasteiger partial charge in [0, 0.05) is 25.2 Å². The number of amides is 1. The Morgan fingerprint density at radius 1 is 1.19 bits per heavy atom. The monoisotopic (exact) mass is 450 g/mol. The molecule has 2 aliphatic heterocycles. The van der Waals surface area contributed by atoms with E-state index in [9.17, 15) is 18.0 Å². The fraction of sp³-hybridized carbons (Fsp3) is 0.545. The Bertz CT molecular complexity index is 977. The van der Waals surface area contributed by atoms with Gasteiger partial charge in [0.25, 0.3) is 5.91 Å². The summed E-state index contributed by atoms with van der Waals surface area (Å²) in [6.45, 7) is 2.85. The number of nitrogens with zero attached hydrogens (tertiary/aromatic N) is 3. The number of nitrogens with one attached hydrogen (secondary N) is 1. The van der Waals surface area contributed by atoms with Crippen molar-refractivity contribution in [3.63, 3.8) is 0 Å². The second-order valence-corrected chi connectivity index (χ2v) is 9.69. The van der Waals surface area contributed by atoms with Crippen molar-refractivity contribution < 1.29 is 18.0 Å². The number of benzene rings is 1. The van der Waals surface area contributed by atoms with E-state index in [-0.39, 0.29) is 23.7 Å². The minimum absolute atomic E-state index is 0.0447. The van der Waals surface area contributed by atoms with Gasteiger partial charge in [-0.15, -0.1) is 0 Å². The summed E-state index contributed by atoms with van der Waals surface area (Å²) in [5, 5.41) is 7.36. The first-order chi connectivity index (χ1) is 14.8. The smallest absolute Gasteiger partial charge is 0.337 e. The van der Waals surface area contributed by atoms with Crippen LogP contribution in [0, 0.1) is 11.8 Å². The molecule has 1 aromatic carbocycles. The third-order valence-electron chi connectivity index (χ3n) is 7.10. The number of hydrogen-bond acceptors (Lipinski definition) is 4. The number of aromatic nitrogens is 2. The Labute approximate surface area is 183 Å². The molecule has 1 N–H and O–H groups in total. The summed E-state index contributed by atoms with van der Waals surface area (Å²) in [7, 11) is 0. The molecule has 5 rings (SSSR count). The zero-order valence-electron chi connectivity index (χ0n) is 17.3. The zero-order chi connectivity index (χ0) is 21.8. The first kappa shape index (κ1) is 20.9. The molecule has 31 heavy (non-hydrogen) atoms. The van der Waals surface area contributed by atoms with E-state index >= 15 is 0 Å². The SMILES string of the molecule is CSN1CCc2c(C(=O)N3C[C@H]4CC(c5ccccc5C(F)(F)F)C[C@H]4C3)n[nH]c2C1. The summed E-state index contributed by atoms with van der Waals surface area (Å²) in [5.41, 5.74) is 2.43. The molecule has 5 nitrogen and oxygen atoms in total. The lowest BCUT2D eigenvalue weighted by Crippen LogP contribution is -2.32. The van der Waals surface area contributed by atoms with Crippen molar-refractivity contribution in [1.82, 2.24) is 19.4 Å². The summed E-state index contributed by atoms with van der Waals surface area (Å²) in [6, 6.07) is 5.93. The summed E-state index contributed by atoms with van der Waals surface area (Å²) in [6.07, 6.45) is -0.103. The average Bonchev–Trinajstić information content (AvgIpc) is 3.45. The fourth-order valence-corrected chi connectivity index (χ4v) is 6.14. The highest BCUT2D eigenvalue weighted by Gasteiger charge is 2.45. The molecule has 1 aromatic heterocycles. The van der Waals surface area contributed by atoms with Gasteiger partial charge in [-0.05, 0) is 54.9 Å². The van der Waals surface area contributed by atoms with E-state index in [1.54, 1.807) is 24.1 Å². The maximum absolute atomic E-state index is 13.4. The van der Waals surface area contributed by atoms with E-state index in [1.165, 1.54) is 12.1 Å². The van der Waals surface area contributed by atoms with Crippen LogP contribution in [0.1, 0.15) is 51.6 Å². The van der Waals surface area contributed by atoms with Gasteiger partial charge in [-0.3, -0.25) is 9.89 Å². The van der Waals surface area contributed by atoms with Crippen molar-refractivity contribution in [3.8, 4) is 0 Å². The topological polar surface area (TPSA) is 52.2 Å². The molecule has 1 aliphatic carbocycles. The quantitative estimate of drug-likeness (QED) is 0.708. The van der Waals surface area contributed by atoms with Crippen molar-refractivity contribution in [2.24, 2.45) is 11.8 Å². The molecular formula is C22H25F3N4OS. The lowest BCUT2D eigenvalue weighted by atomic mass is 9.91. The number of fused-ring (bicyclic) bond motifs is 2. The van der Waals surface area contributed by atoms with Crippen LogP contribution in [0.15, 0.2) is 24.3 Å². The van der Waals surface area contributed by atoms with Crippen LogP contribution in [0.2, 0.25) is 0 Å². The second kappa shape index (κ2) is 7.85. The predicted molar refractivity (Wildman–Crippen MR) is 113 cm³/mol. The second-order valence-electron chi connectivity index (χ2n) is 8.81. The van der Waals surface area contributed by atoms with Gasteiger partial charge in [-0.2, -0.15) is 18.3 Å². The molecular weight excluding hydrogens is 425 g/mol. The largest absolute Gasteiger partial charge is 0.416 e. The molecule has 2 fully saturated rings. The van der Waals surface area contributed by atoms with E-state index in [2.05, 4.69) is 14.5 Å². The van der Waals surface area contributed by atoms with Crippen LogP contribution in [0.4, 0.5) is 13.2 Å². The highest BCUT2D eigenvalue weighted by Crippen LogP contribution is 2.49. The van der Waals surface area contributed by atoms with Gasteiger partial charge in [0.2, 0.25) is 0 Å². The average molecular weight is 451 g/mol. The molecule has 1 amide bonds. The summed E-state index contributed by atoms with van der Waals surface area (Å²) < 4.78 is 42.5. The van der Waals surface area contributed by atoms with E-state index in [1.807, 2.05) is 11.2 Å². The summed E-state index contributed by atoms with van der Waals surface area (Å²) >= 11 is 1.68. The summed E-state index contributed by atoms with van der Waals surface area (Å²) in [4.78, 5) is 15.0. The van der Waals surface area contributed by atoms with Gasteiger partial charge < -0.3 is 4.90 Å². The van der Waals surface area contributed by atoms with E-state index < -0.39 is 11.7 Å². The predicted octanol–water partition coefficient (Wildman–Crippen LogP) is 4.33. The molecule has 0 radical (unpaired) electrons. The molecule has 0 bridgehead atoms. The van der Waals surface area contributed by atoms with Gasteiger partial charge in [0.15, 0.2) is 5.69 Å². The van der Waals surface area contributed by atoms with Crippen LogP contribution in [0.5, 0.6) is 0 Å². The van der Waals surface area contributed by atoms with Crippen LogP contribution < -0.4 is 0 Å². The Kier molecular flexibility index (Phi) is 5.29. The van der Waals surface area contributed by atoms with Gasteiger partial charge in [-0.25, -0.2) is 4.31 Å². The van der Waals surface area contributed by atoms with Crippen LogP contribution in [0.25, 0.3) is 0 Å². The molecule has 1 unspecified atom stereocenters. The van der Waals surface area contributed by atoms with E-state index in [4.69, 9.17) is 0 Å². The molecule has 166 valence electrons. The maximum atomic E-state index is 13.4. The Hall–Kier alpha value is -2.00. The number of H-pyrrole nitrogens is 1. The number of alkyl halides is 3. The first-order valence-electron chi connectivity index (χ1n) is 10.7. The number of carbonyl (C=O) groups is 1. The molecule has 3 heterocycles. The third kappa shape index (κ3) is 3.75. The highest BCUT2D eigenvalue weighted by molar-refractivity contribution is 7.96. The number of rotatable bonds is 3. The Balaban J connectivity index is 1.28. The lowest BCUT2D eigenvalue weighted by Gasteiger charge is -2.24. The summed E-state index contributed by atoms with van der Waals surface area (Å²) in [5.74, 6) is 0.353. The van der Waals surface area contributed by atoms with Crippen molar-refractivity contribution in [2.45, 2.75) is 37.9 Å². The van der Waals surface area contributed by atoms with Crippen molar-refractivity contribution in [3.05, 3.63) is 52.3 Å². The van der Waals surface area contributed by atoms with Crippen molar-refractivity contribution in [1.29, 1.82) is 0 Å². The molecule has 3 aliphatic rings. The number of carbonyl (C=O) groups excluding carboxylic acids is 1. The zero-order valence-corrected chi connectivity index (χ0v) is 18.1. The Morgan fingerprint density at radius 2 is 1.90 bits per heavy atom. The lowest BCUT2D eigenvalue weighted by molar-refractivity contribution is -0.138. The van der Waals surface area contributed by atoms with Crippen LogP contribution in [0.3, 0.4) is 0 Å².